The van der Waals surface area contributed by atoms with Crippen molar-refractivity contribution < 1.29 is 14.3 Å². The number of aromatic nitrogens is 4. The van der Waals surface area contributed by atoms with Gasteiger partial charge in [-0.3, -0.25) is 19.3 Å². The second kappa shape index (κ2) is 8.67. The van der Waals surface area contributed by atoms with Gasteiger partial charge in [0.05, 0.1) is 18.3 Å². The molecule has 0 unspecified atom stereocenters. The van der Waals surface area contributed by atoms with Gasteiger partial charge >= 0.3 is 0 Å². The standard InChI is InChI=1S/C27H26FN5O3/c28-21-9-7-19(8-10-21)24-30-23-22(15-29-31-23)26(35)33(24)16-27(36)11-13-32(14-12-27)25(34)20-5-3-18(4-6-20)17-1-2-17/h3-10,15,17,36H,1-2,11-14,16H2,(H,29,31). The third-order valence-electron chi connectivity index (χ3n) is 7.31. The van der Waals surface area contributed by atoms with Crippen molar-refractivity contribution in [1.82, 2.24) is 24.6 Å². The fourth-order valence-electron chi connectivity index (χ4n) is 4.97. The Bertz CT molecular complexity index is 1480. The number of rotatable bonds is 5. The molecule has 2 fully saturated rings. The SMILES string of the molecule is O=C(c1ccc(C2CC2)cc1)N1CCC(O)(Cn2c(-c3ccc(F)cc3)nc3[nH]ncc3c2=O)CC1. The molecule has 0 atom stereocenters. The molecule has 6 rings (SSSR count). The number of piperidine rings is 1. The normalized spacial score (nSPS) is 17.4. The van der Waals surface area contributed by atoms with Gasteiger partial charge in [-0.2, -0.15) is 5.10 Å². The molecule has 0 spiro atoms. The first-order valence-electron chi connectivity index (χ1n) is 12.2. The van der Waals surface area contributed by atoms with Gasteiger partial charge in [0, 0.05) is 24.2 Å². The van der Waals surface area contributed by atoms with Crippen molar-refractivity contribution in [2.75, 3.05) is 13.1 Å². The molecule has 2 aromatic heterocycles. The number of benzene rings is 2. The summed E-state index contributed by atoms with van der Waals surface area (Å²) in [6.45, 7) is 0.758. The second-order valence-electron chi connectivity index (χ2n) is 9.88. The first-order valence-corrected chi connectivity index (χ1v) is 12.2. The molecule has 2 N–H and O–H groups in total. The van der Waals surface area contributed by atoms with Crippen molar-refractivity contribution in [2.24, 2.45) is 0 Å². The summed E-state index contributed by atoms with van der Waals surface area (Å²) in [5.74, 6) is 0.510. The number of nitrogens with one attached hydrogen (secondary N) is 1. The van der Waals surface area contributed by atoms with Crippen molar-refractivity contribution in [2.45, 2.75) is 43.7 Å². The van der Waals surface area contributed by atoms with E-state index in [1.54, 1.807) is 17.0 Å². The van der Waals surface area contributed by atoms with Crippen molar-refractivity contribution >= 4 is 16.9 Å². The van der Waals surface area contributed by atoms with E-state index in [2.05, 4.69) is 15.2 Å². The number of carbonyl (C=O) groups is 1. The van der Waals surface area contributed by atoms with Gasteiger partial charge < -0.3 is 10.0 Å². The zero-order valence-electron chi connectivity index (χ0n) is 19.7. The van der Waals surface area contributed by atoms with Crippen molar-refractivity contribution in [3.8, 4) is 11.4 Å². The van der Waals surface area contributed by atoms with Crippen LogP contribution in [0.4, 0.5) is 4.39 Å². The number of nitrogens with zero attached hydrogens (tertiary/aromatic N) is 4. The third kappa shape index (κ3) is 4.19. The van der Waals surface area contributed by atoms with Gasteiger partial charge in [-0.1, -0.05) is 12.1 Å². The quantitative estimate of drug-likeness (QED) is 0.449. The maximum atomic E-state index is 13.5. The molecule has 3 heterocycles. The molecule has 1 amide bonds. The number of aliphatic hydroxyl groups is 1. The number of hydrogen-bond donors (Lipinski definition) is 2. The van der Waals surface area contributed by atoms with E-state index in [0.717, 1.165) is 0 Å². The number of amides is 1. The Labute approximate surface area is 206 Å². The summed E-state index contributed by atoms with van der Waals surface area (Å²) in [6, 6.07) is 13.6. The molecule has 1 saturated heterocycles. The van der Waals surface area contributed by atoms with Gasteiger partial charge in [-0.05, 0) is 73.6 Å². The van der Waals surface area contributed by atoms with Crippen LogP contribution in [-0.4, -0.2) is 54.4 Å². The molecular weight excluding hydrogens is 461 g/mol. The number of halogens is 1. The zero-order valence-corrected chi connectivity index (χ0v) is 19.7. The average Bonchev–Trinajstić information content (AvgIpc) is 3.63. The van der Waals surface area contributed by atoms with Crippen LogP contribution >= 0.6 is 0 Å². The van der Waals surface area contributed by atoms with Gasteiger partial charge in [0.2, 0.25) is 0 Å². The number of carbonyl (C=O) groups excluding carboxylic acids is 1. The van der Waals surface area contributed by atoms with Crippen LogP contribution in [0.2, 0.25) is 0 Å². The summed E-state index contributed by atoms with van der Waals surface area (Å²) in [6.07, 6.45) is 4.48. The Kier molecular flexibility index (Phi) is 5.44. The van der Waals surface area contributed by atoms with Crippen LogP contribution in [0.15, 0.2) is 59.5 Å². The minimum absolute atomic E-state index is 0.00474. The molecular formula is C27H26FN5O3. The number of fused-ring (bicyclic) bond motifs is 1. The highest BCUT2D eigenvalue weighted by atomic mass is 19.1. The van der Waals surface area contributed by atoms with E-state index >= 15 is 0 Å². The molecule has 36 heavy (non-hydrogen) atoms. The van der Waals surface area contributed by atoms with Crippen molar-refractivity contribution in [3.05, 3.63) is 82.0 Å². The summed E-state index contributed by atoms with van der Waals surface area (Å²) in [5.41, 5.74) is 1.27. The first-order chi connectivity index (χ1) is 17.4. The summed E-state index contributed by atoms with van der Waals surface area (Å²) in [5, 5.41) is 18.4. The predicted molar refractivity (Wildman–Crippen MR) is 132 cm³/mol. The topological polar surface area (TPSA) is 104 Å². The molecule has 1 aliphatic carbocycles. The largest absolute Gasteiger partial charge is 0.388 e. The fraction of sp³-hybridized carbons (Fsp3) is 0.333. The van der Waals surface area contributed by atoms with Crippen LogP contribution in [0.5, 0.6) is 0 Å². The van der Waals surface area contributed by atoms with E-state index in [1.807, 2.05) is 24.3 Å². The van der Waals surface area contributed by atoms with E-state index in [4.69, 9.17) is 0 Å². The Balaban J connectivity index is 1.23. The molecule has 184 valence electrons. The molecule has 0 radical (unpaired) electrons. The summed E-state index contributed by atoms with van der Waals surface area (Å²) >= 11 is 0. The van der Waals surface area contributed by atoms with Crippen LogP contribution in [0, 0.1) is 5.82 Å². The fourth-order valence-corrected chi connectivity index (χ4v) is 4.97. The minimum Gasteiger partial charge on any atom is -0.388 e. The maximum absolute atomic E-state index is 13.5. The summed E-state index contributed by atoms with van der Waals surface area (Å²) in [7, 11) is 0. The molecule has 1 aliphatic heterocycles. The molecule has 4 aromatic rings. The Morgan fingerprint density at radius 1 is 1.08 bits per heavy atom. The van der Waals surface area contributed by atoms with Crippen LogP contribution < -0.4 is 5.56 Å². The highest BCUT2D eigenvalue weighted by Gasteiger charge is 2.36. The van der Waals surface area contributed by atoms with E-state index in [0.29, 0.717) is 59.8 Å². The number of aromatic amines is 1. The lowest BCUT2D eigenvalue weighted by atomic mass is 9.90. The first kappa shape index (κ1) is 22.6. The maximum Gasteiger partial charge on any atom is 0.265 e. The lowest BCUT2D eigenvalue weighted by Crippen LogP contribution is -2.50. The number of H-pyrrole nitrogens is 1. The Morgan fingerprint density at radius 2 is 1.78 bits per heavy atom. The van der Waals surface area contributed by atoms with Crippen LogP contribution in [0.25, 0.3) is 22.4 Å². The predicted octanol–water partition coefficient (Wildman–Crippen LogP) is 3.47. The van der Waals surface area contributed by atoms with E-state index in [9.17, 15) is 19.1 Å². The smallest absolute Gasteiger partial charge is 0.265 e. The van der Waals surface area contributed by atoms with E-state index in [-0.39, 0.29) is 18.0 Å². The Morgan fingerprint density at radius 3 is 2.44 bits per heavy atom. The summed E-state index contributed by atoms with van der Waals surface area (Å²) in [4.78, 5) is 32.7. The van der Waals surface area contributed by atoms with Crippen LogP contribution in [0.1, 0.15) is 47.5 Å². The summed E-state index contributed by atoms with van der Waals surface area (Å²) < 4.78 is 15.0. The molecule has 9 heteroatoms. The Hall–Kier alpha value is -3.85. The van der Waals surface area contributed by atoms with E-state index < -0.39 is 11.4 Å². The molecule has 2 aromatic carbocycles. The minimum atomic E-state index is -1.20. The lowest BCUT2D eigenvalue weighted by Gasteiger charge is -2.38. The second-order valence-corrected chi connectivity index (χ2v) is 9.88. The lowest BCUT2D eigenvalue weighted by molar-refractivity contribution is -0.0296. The molecule has 8 nitrogen and oxygen atoms in total. The highest BCUT2D eigenvalue weighted by Crippen LogP contribution is 2.40. The molecule has 1 saturated carbocycles. The zero-order chi connectivity index (χ0) is 24.9. The van der Waals surface area contributed by atoms with Crippen molar-refractivity contribution in [1.29, 1.82) is 0 Å². The third-order valence-corrected chi connectivity index (χ3v) is 7.31. The van der Waals surface area contributed by atoms with Gasteiger partial charge in [-0.25, -0.2) is 9.37 Å². The van der Waals surface area contributed by atoms with E-state index in [1.165, 1.54) is 41.3 Å². The van der Waals surface area contributed by atoms with Gasteiger partial charge in [0.15, 0.2) is 5.65 Å². The highest BCUT2D eigenvalue weighted by molar-refractivity contribution is 5.94. The average molecular weight is 488 g/mol. The van der Waals surface area contributed by atoms with Crippen molar-refractivity contribution in [3.63, 3.8) is 0 Å². The van der Waals surface area contributed by atoms with Gasteiger partial charge in [0.1, 0.15) is 17.0 Å². The number of likely N-dealkylation sites (tertiary alicyclic amines) is 1. The van der Waals surface area contributed by atoms with Gasteiger partial charge in [0.25, 0.3) is 11.5 Å². The number of hydrogen-bond acceptors (Lipinski definition) is 5. The monoisotopic (exact) mass is 487 g/mol. The van der Waals surface area contributed by atoms with Crippen LogP contribution in [-0.2, 0) is 6.54 Å². The molecule has 0 bridgehead atoms. The van der Waals surface area contributed by atoms with Crippen LogP contribution in [0.3, 0.4) is 0 Å². The van der Waals surface area contributed by atoms with Gasteiger partial charge in [-0.15, -0.1) is 0 Å². The molecule has 2 aliphatic rings.